The number of rotatable bonds is 5. The van der Waals surface area contributed by atoms with Crippen molar-refractivity contribution in [2.24, 2.45) is 11.1 Å². The van der Waals surface area contributed by atoms with Gasteiger partial charge in [-0.2, -0.15) is 15.3 Å². The summed E-state index contributed by atoms with van der Waals surface area (Å²) >= 11 is 0. The highest BCUT2D eigenvalue weighted by molar-refractivity contribution is 5.92. The van der Waals surface area contributed by atoms with E-state index < -0.39 is 0 Å². The second-order valence-electron chi connectivity index (χ2n) is 8.99. The predicted octanol–water partition coefficient (Wildman–Crippen LogP) is 3.42. The maximum atomic E-state index is 13.4. The van der Waals surface area contributed by atoms with Gasteiger partial charge in [0.25, 0.3) is 5.91 Å². The molecule has 174 valence electrons. The molecule has 2 saturated heterocycles. The van der Waals surface area contributed by atoms with Gasteiger partial charge in [-0.15, -0.1) is 0 Å². The summed E-state index contributed by atoms with van der Waals surface area (Å²) in [6.45, 7) is 4.08. The third kappa shape index (κ3) is 4.09. The van der Waals surface area contributed by atoms with Crippen molar-refractivity contribution in [3.8, 4) is 6.07 Å². The number of nitrogens with zero attached hydrogens (tertiary/aromatic N) is 8. The lowest BCUT2D eigenvalue weighted by Crippen LogP contribution is -2.39. The molecular weight excluding hydrogens is 432 g/mol. The van der Waals surface area contributed by atoms with Crippen LogP contribution in [-0.2, 0) is 6.54 Å². The zero-order valence-corrected chi connectivity index (χ0v) is 19.1. The van der Waals surface area contributed by atoms with Gasteiger partial charge in [0.1, 0.15) is 18.1 Å². The fourth-order valence-corrected chi connectivity index (χ4v) is 4.94. The molecule has 2 fully saturated rings. The van der Waals surface area contributed by atoms with Gasteiger partial charge in [-0.3, -0.25) is 4.79 Å². The zero-order chi connectivity index (χ0) is 23.7. The number of fused-ring (bicyclic) bond motifs is 1. The van der Waals surface area contributed by atoms with E-state index in [1.165, 1.54) is 0 Å². The summed E-state index contributed by atoms with van der Waals surface area (Å²) in [4.78, 5) is 37.2. The predicted molar refractivity (Wildman–Crippen MR) is 125 cm³/mol. The van der Waals surface area contributed by atoms with Crippen molar-refractivity contribution in [2.45, 2.75) is 45.2 Å². The Bertz CT molecular complexity index is 1280. The highest BCUT2D eigenvalue weighted by Crippen LogP contribution is 2.33. The molecule has 3 aromatic rings. The number of pyridine rings is 1. The fourth-order valence-electron chi connectivity index (χ4n) is 4.94. The Morgan fingerprint density at radius 3 is 2.91 bits per heavy atom. The largest absolute Gasteiger partial charge is 0.355 e. The Balaban J connectivity index is 1.44. The van der Waals surface area contributed by atoms with Crippen LogP contribution in [-0.4, -0.2) is 50.0 Å². The van der Waals surface area contributed by atoms with Gasteiger partial charge in [-0.25, -0.2) is 14.5 Å². The lowest BCUT2D eigenvalue weighted by atomic mass is 9.99. The van der Waals surface area contributed by atoms with Gasteiger partial charge in [0.15, 0.2) is 5.65 Å². The highest BCUT2D eigenvalue weighted by Gasteiger charge is 2.32. The average molecular weight is 459 g/mol. The van der Waals surface area contributed by atoms with E-state index in [9.17, 15) is 15.0 Å². The van der Waals surface area contributed by atoms with Crippen molar-refractivity contribution in [2.75, 3.05) is 24.5 Å². The number of likely N-dealkylation sites (tertiary alicyclic amines) is 1. The number of nitriles is 1. The van der Waals surface area contributed by atoms with E-state index >= 15 is 0 Å². The van der Waals surface area contributed by atoms with Crippen LogP contribution in [0.1, 0.15) is 59.2 Å². The van der Waals surface area contributed by atoms with Gasteiger partial charge >= 0.3 is 0 Å². The Kier molecular flexibility index (Phi) is 5.92. The van der Waals surface area contributed by atoms with Crippen LogP contribution in [0.25, 0.3) is 5.65 Å². The molecule has 0 N–H and O–H groups in total. The minimum absolute atomic E-state index is 0.0362. The smallest absolute Gasteiger partial charge is 0.273 e. The molecule has 5 rings (SSSR count). The number of aromatic nitrogens is 4. The number of hydrogen-bond acceptors (Lipinski definition) is 8. The van der Waals surface area contributed by atoms with Crippen molar-refractivity contribution < 1.29 is 4.79 Å². The molecule has 10 heteroatoms. The van der Waals surface area contributed by atoms with Crippen LogP contribution in [0, 0.1) is 29.1 Å². The summed E-state index contributed by atoms with van der Waals surface area (Å²) in [5.41, 5.74) is 3.33. The van der Waals surface area contributed by atoms with E-state index in [1.807, 2.05) is 24.1 Å². The first-order chi connectivity index (χ1) is 16.6. The Hall–Kier alpha value is -3.87. The molecule has 0 spiro atoms. The maximum Gasteiger partial charge on any atom is 0.273 e. The van der Waals surface area contributed by atoms with Crippen LogP contribution < -0.4 is 4.90 Å². The lowest BCUT2D eigenvalue weighted by Gasteiger charge is -2.34. The molecule has 0 bridgehead atoms. The van der Waals surface area contributed by atoms with Gasteiger partial charge in [0.2, 0.25) is 0 Å². The standard InChI is InChI=1S/C24H26N8O2/c1-16-14-32-22(28-23(16)30-10-8-17(12-25)15-30)11-20(29-32)21-7-2-3-9-31(21)24(33)19-6-4-5-18(27-19)13-26-34/h4-6,11,14,17,21H,2-3,7-10,13,15H2,1H3/t17?,21-/m0/s1. The summed E-state index contributed by atoms with van der Waals surface area (Å²) in [6.07, 6.45) is 5.55. The summed E-state index contributed by atoms with van der Waals surface area (Å²) in [7, 11) is 0. The molecule has 3 aromatic heterocycles. The number of aryl methyl sites for hydroxylation is 1. The van der Waals surface area contributed by atoms with Crippen LogP contribution in [0.4, 0.5) is 5.82 Å². The molecule has 0 radical (unpaired) electrons. The average Bonchev–Trinajstić information content (AvgIpc) is 3.50. The van der Waals surface area contributed by atoms with E-state index in [0.717, 1.165) is 55.0 Å². The van der Waals surface area contributed by atoms with E-state index in [4.69, 9.17) is 10.1 Å². The van der Waals surface area contributed by atoms with Gasteiger partial charge in [0, 0.05) is 37.5 Å². The SMILES string of the molecule is Cc1cn2nc([C@@H]3CCCCN3C(=O)c3cccc(CN=O)n3)cc2nc1N1CCC(C#N)C1. The van der Waals surface area contributed by atoms with Crippen molar-refractivity contribution >= 4 is 17.4 Å². The minimum Gasteiger partial charge on any atom is -0.355 e. The monoisotopic (exact) mass is 458 g/mol. The number of piperidine rings is 1. The van der Waals surface area contributed by atoms with E-state index in [2.05, 4.69) is 21.1 Å². The number of amides is 1. The summed E-state index contributed by atoms with van der Waals surface area (Å²) in [6, 6.07) is 9.24. The minimum atomic E-state index is -0.170. The Morgan fingerprint density at radius 2 is 2.12 bits per heavy atom. The Labute approximate surface area is 197 Å². The molecule has 0 saturated carbocycles. The molecule has 10 nitrogen and oxygen atoms in total. The van der Waals surface area contributed by atoms with Crippen LogP contribution in [0.2, 0.25) is 0 Å². The molecule has 0 aliphatic carbocycles. The summed E-state index contributed by atoms with van der Waals surface area (Å²) in [5.74, 6) is 0.756. The number of hydrogen-bond donors (Lipinski definition) is 0. The van der Waals surface area contributed by atoms with Gasteiger partial charge in [-0.1, -0.05) is 11.2 Å². The topological polar surface area (TPSA) is 120 Å². The summed E-state index contributed by atoms with van der Waals surface area (Å²) in [5, 5.41) is 16.9. The molecule has 2 atom stereocenters. The van der Waals surface area contributed by atoms with Gasteiger partial charge in [0.05, 0.1) is 29.4 Å². The number of anilines is 1. The number of carbonyl (C=O) groups excluding carboxylic acids is 1. The second kappa shape index (κ2) is 9.17. The van der Waals surface area contributed by atoms with Crippen LogP contribution in [0.15, 0.2) is 35.6 Å². The molecular formula is C24H26N8O2. The lowest BCUT2D eigenvalue weighted by molar-refractivity contribution is 0.0599. The first kappa shape index (κ1) is 21.9. The molecule has 34 heavy (non-hydrogen) atoms. The fraction of sp³-hybridized carbons (Fsp3) is 0.458. The summed E-state index contributed by atoms with van der Waals surface area (Å²) < 4.78 is 1.78. The molecule has 1 unspecified atom stereocenters. The molecule has 1 amide bonds. The third-order valence-electron chi connectivity index (χ3n) is 6.65. The Morgan fingerprint density at radius 1 is 1.24 bits per heavy atom. The first-order valence-corrected chi connectivity index (χ1v) is 11.6. The van der Waals surface area contributed by atoms with Crippen molar-refractivity contribution in [1.82, 2.24) is 24.5 Å². The number of carbonyl (C=O) groups is 1. The second-order valence-corrected chi connectivity index (χ2v) is 8.99. The van der Waals surface area contributed by atoms with E-state index in [1.54, 1.807) is 22.7 Å². The van der Waals surface area contributed by atoms with Crippen molar-refractivity contribution in [3.63, 3.8) is 0 Å². The van der Waals surface area contributed by atoms with Gasteiger partial charge < -0.3 is 9.80 Å². The van der Waals surface area contributed by atoms with Crippen molar-refractivity contribution in [1.29, 1.82) is 5.26 Å². The quantitative estimate of drug-likeness (QED) is 0.537. The highest BCUT2D eigenvalue weighted by atomic mass is 16.3. The van der Waals surface area contributed by atoms with Crippen molar-refractivity contribution in [3.05, 3.63) is 58.0 Å². The maximum absolute atomic E-state index is 13.4. The first-order valence-electron chi connectivity index (χ1n) is 11.6. The normalized spacial score (nSPS) is 20.5. The third-order valence-corrected chi connectivity index (χ3v) is 6.65. The number of nitroso groups, excluding NO2 is 1. The molecule has 2 aliphatic rings. The molecule has 0 aromatic carbocycles. The zero-order valence-electron chi connectivity index (χ0n) is 19.1. The van der Waals surface area contributed by atoms with Gasteiger partial charge in [-0.05, 0) is 44.7 Å². The van der Waals surface area contributed by atoms with E-state index in [-0.39, 0.29) is 24.4 Å². The van der Waals surface area contributed by atoms with Crippen LogP contribution in [0.5, 0.6) is 0 Å². The molecule has 5 heterocycles. The van der Waals surface area contributed by atoms with Crippen LogP contribution in [0.3, 0.4) is 0 Å². The van der Waals surface area contributed by atoms with Crippen LogP contribution >= 0.6 is 0 Å². The molecule has 2 aliphatic heterocycles. The van der Waals surface area contributed by atoms with E-state index in [0.29, 0.717) is 24.5 Å².